The lowest BCUT2D eigenvalue weighted by atomic mass is 9.92. The van der Waals surface area contributed by atoms with Crippen molar-refractivity contribution in [3.63, 3.8) is 0 Å². The predicted octanol–water partition coefficient (Wildman–Crippen LogP) is 6.46. The number of methoxy groups -OCH3 is 1. The van der Waals surface area contributed by atoms with E-state index in [2.05, 4.69) is 4.98 Å². The van der Waals surface area contributed by atoms with Crippen LogP contribution < -0.4 is 20.1 Å². The molecule has 1 unspecified atom stereocenters. The quantitative estimate of drug-likeness (QED) is 0.221. The number of carbonyl (C=O) groups excluding carboxylic acids is 1. The molecule has 1 aromatic carbocycles. The summed E-state index contributed by atoms with van der Waals surface area (Å²) in [6.07, 6.45) is 1.30. The van der Waals surface area contributed by atoms with Crippen molar-refractivity contribution in [2.24, 2.45) is 17.6 Å². The van der Waals surface area contributed by atoms with Crippen LogP contribution in [0.25, 0.3) is 0 Å². The molecule has 4 rings (SSSR count). The van der Waals surface area contributed by atoms with E-state index in [-0.39, 0.29) is 23.8 Å². The number of pyridine rings is 1. The van der Waals surface area contributed by atoms with Crippen LogP contribution in [0.1, 0.15) is 81.6 Å². The Hall–Kier alpha value is -3.61. The number of halogens is 4. The molecule has 1 saturated heterocycles. The average molecular weight is 669 g/mol. The van der Waals surface area contributed by atoms with Gasteiger partial charge in [0.2, 0.25) is 5.88 Å². The van der Waals surface area contributed by atoms with E-state index in [0.29, 0.717) is 61.8 Å². The Morgan fingerprint density at radius 3 is 2.26 bits per heavy atom. The van der Waals surface area contributed by atoms with Crippen LogP contribution >= 0.6 is 0 Å². The van der Waals surface area contributed by atoms with Crippen LogP contribution in [-0.4, -0.2) is 84.6 Å². The fourth-order valence-corrected chi connectivity index (χ4v) is 5.54. The highest BCUT2D eigenvalue weighted by atomic mass is 19.3. The van der Waals surface area contributed by atoms with Crippen molar-refractivity contribution < 1.29 is 41.7 Å². The average Bonchev–Trinajstić information content (AvgIpc) is 3.86. The van der Waals surface area contributed by atoms with Crippen LogP contribution in [0.4, 0.5) is 23.2 Å². The molecule has 0 bridgehead atoms. The number of rotatable bonds is 14. The third-order valence-electron chi connectivity index (χ3n) is 8.21. The number of alkyl halides is 4. The first-order valence-corrected chi connectivity index (χ1v) is 16.1. The first-order chi connectivity index (χ1) is 22.1. The molecule has 2 fully saturated rings. The second-order valence-corrected chi connectivity index (χ2v) is 12.9. The van der Waals surface area contributed by atoms with Gasteiger partial charge in [-0.25, -0.2) is 13.8 Å². The van der Waals surface area contributed by atoms with E-state index in [1.807, 2.05) is 30.9 Å². The molecule has 1 aliphatic heterocycles. The van der Waals surface area contributed by atoms with Gasteiger partial charge in [-0.2, -0.15) is 8.78 Å². The van der Waals surface area contributed by atoms with E-state index in [1.165, 1.54) is 27.0 Å². The minimum absolute atomic E-state index is 0.0564. The molecule has 47 heavy (non-hydrogen) atoms. The third-order valence-corrected chi connectivity index (χ3v) is 8.21. The molecule has 2 aromatic rings. The van der Waals surface area contributed by atoms with Crippen molar-refractivity contribution in [1.82, 2.24) is 9.88 Å². The fraction of sp³-hybridized carbons (Fsp3) is 0.618. The second-order valence-electron chi connectivity index (χ2n) is 12.9. The molecule has 262 valence electrons. The number of ether oxygens (including phenoxy) is 2. The topological polar surface area (TPSA) is 118 Å². The monoisotopic (exact) mass is 668 g/mol. The second kappa shape index (κ2) is 17.0. The number of aliphatic carboxylic acids is 1. The van der Waals surface area contributed by atoms with Gasteiger partial charge in [0.05, 0.1) is 37.9 Å². The maximum Gasteiger partial charge on any atom is 0.324 e. The zero-order chi connectivity index (χ0) is 34.9. The van der Waals surface area contributed by atoms with Gasteiger partial charge in [-0.05, 0) is 87.1 Å². The molecule has 3 N–H and O–H groups in total. The molecule has 1 saturated carbocycles. The van der Waals surface area contributed by atoms with E-state index in [9.17, 15) is 32.3 Å². The number of aromatic nitrogens is 1. The van der Waals surface area contributed by atoms with Crippen molar-refractivity contribution >= 4 is 17.6 Å². The summed E-state index contributed by atoms with van der Waals surface area (Å²) in [5.74, 6) is -4.49. The van der Waals surface area contributed by atoms with Crippen LogP contribution in [-0.2, 0) is 4.79 Å². The highest BCUT2D eigenvalue weighted by molar-refractivity contribution is 6.00. The van der Waals surface area contributed by atoms with Gasteiger partial charge in [0.25, 0.3) is 5.91 Å². The molecule has 1 amide bonds. The number of hydrogen-bond donors (Lipinski definition) is 2. The van der Waals surface area contributed by atoms with Gasteiger partial charge in [0.15, 0.2) is 0 Å². The van der Waals surface area contributed by atoms with Crippen LogP contribution in [0.2, 0.25) is 0 Å². The van der Waals surface area contributed by atoms with Gasteiger partial charge in [-0.1, -0.05) is 13.8 Å². The molecule has 9 nitrogen and oxygen atoms in total. The first kappa shape index (κ1) is 37.8. The summed E-state index contributed by atoms with van der Waals surface area (Å²) >= 11 is 0. The summed E-state index contributed by atoms with van der Waals surface area (Å²) in [6.45, 7) is 7.02. The predicted molar refractivity (Wildman–Crippen MR) is 172 cm³/mol. The summed E-state index contributed by atoms with van der Waals surface area (Å²) in [5, 5.41) is 9.32. The number of hydrogen-bond acceptors (Lipinski definition) is 7. The molecule has 2 aliphatic rings. The van der Waals surface area contributed by atoms with Crippen LogP contribution in [0, 0.1) is 11.8 Å². The lowest BCUT2D eigenvalue weighted by Crippen LogP contribution is -2.48. The molecular weight excluding hydrogens is 620 g/mol. The third kappa shape index (κ3) is 11.3. The molecule has 13 heteroatoms. The molecule has 1 aromatic heterocycles. The molecule has 1 aliphatic carbocycles. The smallest absolute Gasteiger partial charge is 0.324 e. The van der Waals surface area contributed by atoms with E-state index in [1.54, 1.807) is 18.3 Å². The van der Waals surface area contributed by atoms with E-state index < -0.39 is 36.8 Å². The van der Waals surface area contributed by atoms with Crippen molar-refractivity contribution in [2.45, 2.75) is 90.1 Å². The number of carboxylic acid groups (broad SMARTS) is 1. The number of nitrogens with zero attached hydrogens (tertiary/aromatic N) is 3. The van der Waals surface area contributed by atoms with Crippen molar-refractivity contribution in [1.29, 1.82) is 0 Å². The van der Waals surface area contributed by atoms with E-state index in [4.69, 9.17) is 15.2 Å². The zero-order valence-electron chi connectivity index (χ0n) is 27.8. The summed E-state index contributed by atoms with van der Waals surface area (Å²) in [7, 11) is 1.48. The summed E-state index contributed by atoms with van der Waals surface area (Å²) in [5.41, 5.74) is 6.66. The van der Waals surface area contributed by atoms with E-state index >= 15 is 0 Å². The Balaban J connectivity index is 0.00000142. The van der Waals surface area contributed by atoms with Crippen molar-refractivity contribution in [2.75, 3.05) is 38.3 Å². The summed E-state index contributed by atoms with van der Waals surface area (Å²) < 4.78 is 65.3. The fourth-order valence-electron chi connectivity index (χ4n) is 5.54. The van der Waals surface area contributed by atoms with Crippen molar-refractivity contribution in [3.05, 3.63) is 47.7 Å². The first-order valence-electron chi connectivity index (χ1n) is 16.1. The Morgan fingerprint density at radius 2 is 1.72 bits per heavy atom. The maximum atomic E-state index is 14.0. The van der Waals surface area contributed by atoms with Crippen molar-refractivity contribution in [3.8, 4) is 11.6 Å². The number of benzene rings is 1. The summed E-state index contributed by atoms with van der Waals surface area (Å²) in [6, 6.07) is 7.97. The Kier molecular flexibility index (Phi) is 13.7. The number of carbonyl (C=O) groups is 2. The maximum absolute atomic E-state index is 14.0. The van der Waals surface area contributed by atoms with Crippen LogP contribution in [0.5, 0.6) is 11.6 Å². The van der Waals surface area contributed by atoms with Crippen LogP contribution in [0.3, 0.4) is 0 Å². The summed E-state index contributed by atoms with van der Waals surface area (Å²) in [4.78, 5) is 31.9. The molecule has 2 heterocycles. The minimum atomic E-state index is -4.34. The number of amides is 1. The van der Waals surface area contributed by atoms with Gasteiger partial charge in [0, 0.05) is 37.5 Å². The largest absolute Gasteiger partial charge is 0.497 e. The van der Waals surface area contributed by atoms with Gasteiger partial charge in [0.1, 0.15) is 5.75 Å². The lowest BCUT2D eigenvalue weighted by Gasteiger charge is -2.36. The highest BCUT2D eigenvalue weighted by Gasteiger charge is 2.44. The number of anilines is 1. The zero-order valence-corrected chi connectivity index (χ0v) is 27.8. The molecule has 0 spiro atoms. The molecule has 0 radical (unpaired) electrons. The molecular formula is C34H48F4N4O5. The normalized spacial score (nSPS) is 16.1. The number of carboxylic acids is 1. The van der Waals surface area contributed by atoms with Gasteiger partial charge in [-0.15, -0.1) is 0 Å². The Morgan fingerprint density at radius 1 is 1.09 bits per heavy atom. The van der Waals surface area contributed by atoms with Gasteiger partial charge >= 0.3 is 18.3 Å². The van der Waals surface area contributed by atoms with Gasteiger partial charge in [-0.3, -0.25) is 9.59 Å². The Bertz CT molecular complexity index is 1310. The highest BCUT2D eigenvalue weighted by Crippen LogP contribution is 2.45. The number of nitrogens with two attached hydrogens (primary N) is 1. The van der Waals surface area contributed by atoms with E-state index in [0.717, 1.165) is 23.3 Å². The molecule has 1 atom stereocenters. The standard InChI is InChI=1S/C31H39F4N3O5.C3H9N/c1-19(2)38(18-31(34,35)30(32)33)29(41)24-7-6-23(42-3)15-26(24)37-12-9-20(10-13-37)17-43-27-14-22(8-11-36-27)25(16-28(39)40)21-4-5-21;1-3(2)4/h6-8,11,14-15,19-21,25,30H,4-5,9-10,12-13,16-18H2,1-3H3,(H,39,40);3H,4H2,1-2H3. The Labute approximate surface area is 274 Å². The van der Waals surface area contributed by atoms with Gasteiger partial charge < -0.3 is 30.1 Å². The SMILES string of the molecule is CC(C)N.COc1ccc(C(=O)N(CC(F)(F)C(F)F)C(C)C)c(N2CCC(COc3cc(C(CC(=O)O)C4CC4)ccn3)CC2)c1. The number of piperidine rings is 1. The lowest BCUT2D eigenvalue weighted by molar-refractivity contribution is -0.140. The van der Waals surface area contributed by atoms with Crippen LogP contribution in [0.15, 0.2) is 36.5 Å². The minimum Gasteiger partial charge on any atom is -0.497 e.